The van der Waals surface area contributed by atoms with Gasteiger partial charge in [0.1, 0.15) is 6.61 Å². The van der Waals surface area contributed by atoms with E-state index in [-0.39, 0.29) is 12.6 Å². The highest BCUT2D eigenvalue weighted by atomic mass is 19.4. The predicted molar refractivity (Wildman–Crippen MR) is 64.2 cm³/mol. The third-order valence-corrected chi connectivity index (χ3v) is 2.60. The molecule has 0 aliphatic rings. The quantitative estimate of drug-likeness (QED) is 0.427. The van der Waals surface area contributed by atoms with Gasteiger partial charge in [-0.05, 0) is 25.3 Å². The summed E-state index contributed by atoms with van der Waals surface area (Å²) in [5.74, 6) is 5.37. The summed E-state index contributed by atoms with van der Waals surface area (Å²) in [6.07, 6.45) is 0.342. The fourth-order valence-corrected chi connectivity index (χ4v) is 1.63. The Morgan fingerprint density at radius 3 is 2.79 bits per heavy atom. The Morgan fingerprint density at radius 1 is 1.53 bits per heavy atom. The van der Waals surface area contributed by atoms with Gasteiger partial charge >= 0.3 is 6.18 Å². The Hall–Kier alpha value is -1.12. The largest absolute Gasteiger partial charge is 0.411 e. The Bertz CT molecular complexity index is 367. The van der Waals surface area contributed by atoms with Gasteiger partial charge in [-0.15, -0.1) is 0 Å². The van der Waals surface area contributed by atoms with Gasteiger partial charge < -0.3 is 4.74 Å². The van der Waals surface area contributed by atoms with Crippen molar-refractivity contribution < 1.29 is 17.9 Å². The minimum Gasteiger partial charge on any atom is -0.372 e. The first kappa shape index (κ1) is 15.9. The molecule has 1 heterocycles. The highest BCUT2D eigenvalue weighted by Crippen LogP contribution is 2.14. The molecule has 0 saturated carbocycles. The summed E-state index contributed by atoms with van der Waals surface area (Å²) >= 11 is 0. The van der Waals surface area contributed by atoms with Crippen molar-refractivity contribution in [1.29, 1.82) is 0 Å². The molecule has 0 aliphatic carbocycles. The number of ether oxygens (including phenoxy) is 1. The van der Waals surface area contributed by atoms with Crippen LogP contribution in [0.5, 0.6) is 0 Å². The van der Waals surface area contributed by atoms with Gasteiger partial charge in [-0.3, -0.25) is 16.0 Å². The zero-order valence-corrected chi connectivity index (χ0v) is 10.8. The van der Waals surface area contributed by atoms with Gasteiger partial charge in [-0.2, -0.15) is 18.3 Å². The topological polar surface area (TPSA) is 65.1 Å². The van der Waals surface area contributed by atoms with Gasteiger partial charge in [0.05, 0.1) is 6.20 Å². The molecule has 0 aromatic carbocycles. The zero-order chi connectivity index (χ0) is 14.3. The first-order valence-electron chi connectivity index (χ1n) is 6.06. The SMILES string of the molecule is CCn1cc(CC(CCOCC(F)(F)F)NN)cn1. The van der Waals surface area contributed by atoms with Crippen LogP contribution < -0.4 is 11.3 Å². The van der Waals surface area contributed by atoms with Gasteiger partial charge in [0.2, 0.25) is 0 Å². The smallest absolute Gasteiger partial charge is 0.372 e. The minimum absolute atomic E-state index is 0.0102. The molecule has 1 unspecified atom stereocenters. The number of nitrogens with one attached hydrogen (secondary N) is 1. The molecule has 1 aromatic heterocycles. The second kappa shape index (κ2) is 7.46. The third kappa shape index (κ3) is 6.55. The van der Waals surface area contributed by atoms with Crippen molar-refractivity contribution in [1.82, 2.24) is 15.2 Å². The number of rotatable bonds is 8. The van der Waals surface area contributed by atoms with Crippen LogP contribution in [0.1, 0.15) is 18.9 Å². The molecule has 8 heteroatoms. The second-order valence-corrected chi connectivity index (χ2v) is 4.23. The summed E-state index contributed by atoms with van der Waals surface area (Å²) in [6, 6.07) is -0.136. The fourth-order valence-electron chi connectivity index (χ4n) is 1.63. The van der Waals surface area contributed by atoms with Crippen LogP contribution in [0, 0.1) is 0 Å². The van der Waals surface area contributed by atoms with Crippen molar-refractivity contribution in [3.8, 4) is 0 Å². The zero-order valence-electron chi connectivity index (χ0n) is 10.8. The summed E-state index contributed by atoms with van der Waals surface area (Å²) in [5.41, 5.74) is 3.56. The average molecular weight is 280 g/mol. The van der Waals surface area contributed by atoms with Crippen molar-refractivity contribution in [3.63, 3.8) is 0 Å². The highest BCUT2D eigenvalue weighted by molar-refractivity contribution is 5.06. The molecule has 1 aromatic rings. The normalized spacial score (nSPS) is 13.7. The molecule has 0 fully saturated rings. The molecule has 19 heavy (non-hydrogen) atoms. The lowest BCUT2D eigenvalue weighted by Crippen LogP contribution is -2.37. The van der Waals surface area contributed by atoms with Crippen LogP contribution in [0.15, 0.2) is 12.4 Å². The number of aryl methyl sites for hydroxylation is 1. The molecule has 3 N–H and O–H groups in total. The van der Waals surface area contributed by atoms with Crippen LogP contribution in [0.2, 0.25) is 0 Å². The number of hydrogen-bond donors (Lipinski definition) is 2. The first-order valence-corrected chi connectivity index (χ1v) is 6.06. The Labute approximate surface area is 109 Å². The van der Waals surface area contributed by atoms with Crippen LogP contribution in [-0.2, 0) is 17.7 Å². The number of nitrogens with two attached hydrogens (primary N) is 1. The van der Waals surface area contributed by atoms with E-state index in [4.69, 9.17) is 5.84 Å². The molecule has 0 saturated heterocycles. The van der Waals surface area contributed by atoms with Gasteiger partial charge in [0.15, 0.2) is 0 Å². The van der Waals surface area contributed by atoms with Crippen molar-refractivity contribution in [2.24, 2.45) is 5.84 Å². The van der Waals surface area contributed by atoms with Crippen molar-refractivity contribution >= 4 is 0 Å². The number of hydrogen-bond acceptors (Lipinski definition) is 4. The van der Waals surface area contributed by atoms with Gasteiger partial charge in [0, 0.05) is 25.4 Å². The predicted octanol–water partition coefficient (Wildman–Crippen LogP) is 1.25. The molecule has 0 amide bonds. The van der Waals surface area contributed by atoms with Crippen molar-refractivity contribution in [2.45, 2.75) is 38.5 Å². The lowest BCUT2D eigenvalue weighted by Gasteiger charge is -2.15. The summed E-state index contributed by atoms with van der Waals surface area (Å²) in [5, 5.41) is 4.12. The minimum atomic E-state index is -4.28. The average Bonchev–Trinajstić information content (AvgIpc) is 2.79. The van der Waals surface area contributed by atoms with E-state index in [0.717, 1.165) is 12.1 Å². The maximum atomic E-state index is 11.9. The van der Waals surface area contributed by atoms with Gasteiger partial charge in [0.25, 0.3) is 0 Å². The van der Waals surface area contributed by atoms with E-state index >= 15 is 0 Å². The molecule has 1 atom stereocenters. The lowest BCUT2D eigenvalue weighted by molar-refractivity contribution is -0.174. The summed E-state index contributed by atoms with van der Waals surface area (Å²) in [6.45, 7) is 1.53. The van der Waals surface area contributed by atoms with Crippen LogP contribution in [0.3, 0.4) is 0 Å². The number of hydrazine groups is 1. The highest BCUT2D eigenvalue weighted by Gasteiger charge is 2.27. The maximum Gasteiger partial charge on any atom is 0.411 e. The Balaban J connectivity index is 2.29. The van der Waals surface area contributed by atoms with Crippen LogP contribution in [0.4, 0.5) is 13.2 Å². The second-order valence-electron chi connectivity index (χ2n) is 4.23. The van der Waals surface area contributed by atoms with E-state index in [1.54, 1.807) is 10.9 Å². The molecule has 1 rings (SSSR count). The molecule has 0 aliphatic heterocycles. The molecular formula is C11H19F3N4O. The molecule has 0 spiro atoms. The van der Waals surface area contributed by atoms with Gasteiger partial charge in [-0.25, -0.2) is 0 Å². The van der Waals surface area contributed by atoms with Crippen LogP contribution >= 0.6 is 0 Å². The summed E-state index contributed by atoms with van der Waals surface area (Å²) in [4.78, 5) is 0. The number of halogens is 3. The standard InChI is InChI=1S/C11H19F3N4O/c1-2-18-7-9(6-16-18)5-10(17-15)3-4-19-8-11(12,13)14/h6-7,10,17H,2-5,8,15H2,1H3. The van der Waals surface area contributed by atoms with E-state index in [9.17, 15) is 13.2 Å². The van der Waals surface area contributed by atoms with Gasteiger partial charge in [-0.1, -0.05) is 0 Å². The van der Waals surface area contributed by atoms with E-state index in [0.29, 0.717) is 12.8 Å². The summed E-state index contributed by atoms with van der Waals surface area (Å²) in [7, 11) is 0. The van der Waals surface area contributed by atoms with E-state index in [1.807, 2.05) is 13.1 Å². The number of alkyl halides is 3. The molecule has 0 bridgehead atoms. The van der Waals surface area contributed by atoms with E-state index in [1.165, 1.54) is 0 Å². The third-order valence-electron chi connectivity index (χ3n) is 2.60. The first-order chi connectivity index (χ1) is 8.94. The maximum absolute atomic E-state index is 11.9. The Kier molecular flexibility index (Phi) is 6.26. The molecule has 5 nitrogen and oxygen atoms in total. The monoisotopic (exact) mass is 280 g/mol. The van der Waals surface area contributed by atoms with E-state index < -0.39 is 12.8 Å². The fraction of sp³-hybridized carbons (Fsp3) is 0.727. The van der Waals surface area contributed by atoms with Crippen molar-refractivity contribution in [3.05, 3.63) is 18.0 Å². The molecule has 110 valence electrons. The lowest BCUT2D eigenvalue weighted by atomic mass is 10.1. The molecular weight excluding hydrogens is 261 g/mol. The molecule has 0 radical (unpaired) electrons. The number of nitrogens with zero attached hydrogens (tertiary/aromatic N) is 2. The number of aromatic nitrogens is 2. The summed E-state index contributed by atoms with van der Waals surface area (Å²) < 4.78 is 42.0. The Morgan fingerprint density at radius 2 is 2.26 bits per heavy atom. The van der Waals surface area contributed by atoms with E-state index in [2.05, 4.69) is 15.3 Å². The van der Waals surface area contributed by atoms with Crippen LogP contribution in [0.25, 0.3) is 0 Å². The van der Waals surface area contributed by atoms with Crippen LogP contribution in [-0.4, -0.2) is 35.2 Å². The van der Waals surface area contributed by atoms with Crippen molar-refractivity contribution in [2.75, 3.05) is 13.2 Å².